The summed E-state index contributed by atoms with van der Waals surface area (Å²) in [5.41, 5.74) is 0.290. The normalized spacial score (nSPS) is 12.5. The van der Waals surface area contributed by atoms with Crippen LogP contribution in [0, 0.1) is 10.1 Å². The van der Waals surface area contributed by atoms with Crippen molar-refractivity contribution in [2.75, 3.05) is 6.61 Å². The molecule has 10 nitrogen and oxygen atoms in total. The van der Waals surface area contributed by atoms with Gasteiger partial charge in [-0.3, -0.25) is 10.1 Å². The molecule has 10 heteroatoms. The quantitative estimate of drug-likeness (QED) is 0.455. The molecule has 1 aromatic carbocycles. The number of aromatic nitrogens is 2. The van der Waals surface area contributed by atoms with E-state index < -0.39 is 28.6 Å². The molecule has 1 N–H and O–H groups in total. The maximum Gasteiger partial charge on any atom is 0.408 e. The van der Waals surface area contributed by atoms with Gasteiger partial charge < -0.3 is 19.4 Å². The van der Waals surface area contributed by atoms with Crippen LogP contribution < -0.4 is 5.32 Å². The lowest BCUT2D eigenvalue weighted by Crippen LogP contribution is -2.45. The number of fused-ring (bicyclic) bond motifs is 1. The molecule has 0 spiro atoms. The molecule has 1 aromatic heterocycles. The molecule has 1 atom stereocenters. The van der Waals surface area contributed by atoms with E-state index in [1.54, 1.807) is 45.4 Å². The molecule has 2 aromatic rings. The van der Waals surface area contributed by atoms with Crippen LogP contribution in [-0.2, 0) is 27.7 Å². The molecule has 0 aliphatic heterocycles. The highest BCUT2D eigenvalue weighted by Gasteiger charge is 2.27. The smallest absolute Gasteiger partial charge is 0.408 e. The highest BCUT2D eigenvalue weighted by molar-refractivity contribution is 5.82. The van der Waals surface area contributed by atoms with Crippen LogP contribution in [0.5, 0.6) is 0 Å². The van der Waals surface area contributed by atoms with Gasteiger partial charge in [-0.25, -0.2) is 14.6 Å². The Balaban J connectivity index is 2.29. The number of ether oxygens (including phenoxy) is 2. The summed E-state index contributed by atoms with van der Waals surface area (Å²) in [6.45, 7) is 6.95. The molecule has 0 fully saturated rings. The molecule has 0 unspecified atom stereocenters. The first-order valence-corrected chi connectivity index (χ1v) is 8.77. The third kappa shape index (κ3) is 5.18. The molecule has 2 rings (SSSR count). The Labute approximate surface area is 162 Å². The molecular weight excluding hydrogens is 368 g/mol. The molecule has 0 aliphatic rings. The minimum atomic E-state index is -1.01. The fraction of sp³-hybridized carbons (Fsp3) is 0.500. The number of non-ortho nitro benzene ring substituents is 1. The van der Waals surface area contributed by atoms with E-state index in [2.05, 4.69) is 10.3 Å². The van der Waals surface area contributed by atoms with Crippen LogP contribution in [0.15, 0.2) is 18.2 Å². The SMILES string of the molecule is CCOC(=O)[C@H](Cc1nc2cc([N+](=O)[O-])ccc2n1C)NC(=O)OC(C)(C)C. The summed E-state index contributed by atoms with van der Waals surface area (Å²) in [6, 6.07) is 3.32. The number of nitrogens with zero attached hydrogens (tertiary/aromatic N) is 3. The third-order valence-electron chi connectivity index (χ3n) is 3.82. The van der Waals surface area contributed by atoms with E-state index >= 15 is 0 Å². The van der Waals surface area contributed by atoms with Gasteiger partial charge in [-0.1, -0.05) is 0 Å². The summed E-state index contributed by atoms with van der Waals surface area (Å²) in [4.78, 5) is 39.2. The lowest BCUT2D eigenvalue weighted by Gasteiger charge is -2.22. The zero-order valence-corrected chi connectivity index (χ0v) is 16.5. The van der Waals surface area contributed by atoms with Crippen molar-refractivity contribution in [2.24, 2.45) is 7.05 Å². The first-order chi connectivity index (χ1) is 13.0. The Hall–Kier alpha value is -3.17. The van der Waals surface area contributed by atoms with Crippen molar-refractivity contribution in [1.29, 1.82) is 0 Å². The number of hydrogen-bond acceptors (Lipinski definition) is 7. The molecule has 0 saturated carbocycles. The number of carbonyl (C=O) groups is 2. The third-order valence-corrected chi connectivity index (χ3v) is 3.82. The fourth-order valence-corrected chi connectivity index (χ4v) is 2.60. The minimum Gasteiger partial charge on any atom is -0.464 e. The van der Waals surface area contributed by atoms with Crippen LogP contribution in [0.3, 0.4) is 0 Å². The van der Waals surface area contributed by atoms with Crippen LogP contribution in [0.1, 0.15) is 33.5 Å². The number of imidazole rings is 1. The second-order valence-electron chi connectivity index (χ2n) is 7.17. The standard InChI is InChI=1S/C18H24N4O6/c1-6-27-16(23)13(20-17(24)28-18(2,3)4)10-15-19-12-9-11(22(25)26)7-8-14(12)21(15)5/h7-9,13H,6,10H2,1-5H3,(H,20,24)/t13-/m0/s1. The van der Waals surface area contributed by atoms with Crippen molar-refractivity contribution in [3.63, 3.8) is 0 Å². The van der Waals surface area contributed by atoms with Crippen LogP contribution >= 0.6 is 0 Å². The number of nitro benzene ring substituents is 1. The van der Waals surface area contributed by atoms with E-state index in [4.69, 9.17) is 9.47 Å². The second-order valence-corrected chi connectivity index (χ2v) is 7.17. The number of esters is 1. The molecular formula is C18H24N4O6. The average Bonchev–Trinajstić information content (AvgIpc) is 2.88. The van der Waals surface area contributed by atoms with Crippen molar-refractivity contribution < 1.29 is 24.0 Å². The van der Waals surface area contributed by atoms with Gasteiger partial charge in [-0.15, -0.1) is 0 Å². The zero-order valence-electron chi connectivity index (χ0n) is 16.5. The molecule has 0 radical (unpaired) electrons. The van der Waals surface area contributed by atoms with Gasteiger partial charge in [-0.2, -0.15) is 0 Å². The minimum absolute atomic E-state index is 0.0387. The van der Waals surface area contributed by atoms with Gasteiger partial charge in [0.2, 0.25) is 0 Å². The van der Waals surface area contributed by atoms with E-state index in [9.17, 15) is 19.7 Å². The van der Waals surface area contributed by atoms with Crippen molar-refractivity contribution in [3.8, 4) is 0 Å². The molecule has 0 aliphatic carbocycles. The second kappa shape index (κ2) is 8.24. The van der Waals surface area contributed by atoms with Gasteiger partial charge in [-0.05, 0) is 33.8 Å². The van der Waals surface area contributed by atoms with Gasteiger partial charge in [0, 0.05) is 25.6 Å². The van der Waals surface area contributed by atoms with Crippen LogP contribution in [0.4, 0.5) is 10.5 Å². The van der Waals surface area contributed by atoms with Gasteiger partial charge in [0.15, 0.2) is 0 Å². The number of nitrogens with one attached hydrogen (secondary N) is 1. The van der Waals surface area contributed by atoms with Gasteiger partial charge in [0.05, 0.1) is 22.6 Å². The molecule has 28 heavy (non-hydrogen) atoms. The van der Waals surface area contributed by atoms with Crippen molar-refractivity contribution >= 4 is 28.8 Å². The number of nitro groups is 1. The van der Waals surface area contributed by atoms with Crippen molar-refractivity contribution in [2.45, 2.75) is 45.8 Å². The predicted molar refractivity (Wildman–Crippen MR) is 101 cm³/mol. The summed E-state index contributed by atoms with van der Waals surface area (Å²) in [7, 11) is 1.73. The number of alkyl carbamates (subject to hydrolysis) is 1. The van der Waals surface area contributed by atoms with Gasteiger partial charge in [0.25, 0.3) is 5.69 Å². The van der Waals surface area contributed by atoms with E-state index in [1.165, 1.54) is 12.1 Å². The first kappa shape index (κ1) is 21.1. The van der Waals surface area contributed by atoms with E-state index in [0.717, 1.165) is 0 Å². The Morgan fingerprint density at radius 1 is 1.36 bits per heavy atom. The molecule has 152 valence electrons. The zero-order chi connectivity index (χ0) is 21.1. The lowest BCUT2D eigenvalue weighted by atomic mass is 10.2. The Bertz CT molecular complexity index is 899. The van der Waals surface area contributed by atoms with Gasteiger partial charge in [0.1, 0.15) is 17.5 Å². The molecule has 0 bridgehead atoms. The highest BCUT2D eigenvalue weighted by atomic mass is 16.6. The summed E-state index contributed by atoms with van der Waals surface area (Å²) in [5, 5.41) is 13.5. The number of amides is 1. The number of hydrogen-bond donors (Lipinski definition) is 1. The van der Waals surface area contributed by atoms with E-state index in [0.29, 0.717) is 16.9 Å². The number of carbonyl (C=O) groups excluding carboxylic acids is 2. The topological polar surface area (TPSA) is 126 Å². The van der Waals surface area contributed by atoms with Crippen LogP contribution in [-0.4, -0.2) is 44.8 Å². The fourth-order valence-electron chi connectivity index (χ4n) is 2.60. The molecule has 0 saturated heterocycles. The number of benzene rings is 1. The summed E-state index contributed by atoms with van der Waals surface area (Å²) in [6.07, 6.45) is -0.711. The summed E-state index contributed by atoms with van der Waals surface area (Å²) >= 11 is 0. The average molecular weight is 392 g/mol. The van der Waals surface area contributed by atoms with Crippen LogP contribution in [0.2, 0.25) is 0 Å². The predicted octanol–water partition coefficient (Wildman–Crippen LogP) is 2.48. The Morgan fingerprint density at radius 3 is 2.61 bits per heavy atom. The van der Waals surface area contributed by atoms with E-state index in [1.807, 2.05) is 0 Å². The largest absolute Gasteiger partial charge is 0.464 e. The summed E-state index contributed by atoms with van der Waals surface area (Å²) < 4.78 is 12.0. The Kier molecular flexibility index (Phi) is 6.22. The maximum atomic E-state index is 12.3. The highest BCUT2D eigenvalue weighted by Crippen LogP contribution is 2.22. The maximum absolute atomic E-state index is 12.3. The number of aryl methyl sites for hydroxylation is 1. The van der Waals surface area contributed by atoms with Crippen LogP contribution in [0.25, 0.3) is 11.0 Å². The Morgan fingerprint density at radius 2 is 2.04 bits per heavy atom. The van der Waals surface area contributed by atoms with Crippen molar-refractivity contribution in [3.05, 3.63) is 34.1 Å². The van der Waals surface area contributed by atoms with Crippen molar-refractivity contribution in [1.82, 2.24) is 14.9 Å². The monoisotopic (exact) mass is 392 g/mol. The summed E-state index contributed by atoms with van der Waals surface area (Å²) in [5.74, 6) is -0.156. The lowest BCUT2D eigenvalue weighted by molar-refractivity contribution is -0.384. The molecule has 1 amide bonds. The van der Waals surface area contributed by atoms with E-state index in [-0.39, 0.29) is 18.7 Å². The number of rotatable bonds is 6. The molecule has 1 heterocycles. The van der Waals surface area contributed by atoms with Gasteiger partial charge >= 0.3 is 12.1 Å². The first-order valence-electron chi connectivity index (χ1n) is 8.77.